The van der Waals surface area contributed by atoms with E-state index in [1.807, 2.05) is 34.6 Å². The fourth-order valence-corrected chi connectivity index (χ4v) is 2.10. The highest BCUT2D eigenvalue weighted by molar-refractivity contribution is 5.78. The van der Waals surface area contributed by atoms with E-state index in [0.717, 1.165) is 0 Å². The van der Waals surface area contributed by atoms with Crippen LogP contribution in [0.4, 0.5) is 0 Å². The number of ketones is 1. The van der Waals surface area contributed by atoms with Crippen LogP contribution in [0.3, 0.4) is 0 Å². The van der Waals surface area contributed by atoms with Gasteiger partial charge in [0.15, 0.2) is 0 Å². The van der Waals surface area contributed by atoms with Crippen molar-refractivity contribution in [2.45, 2.75) is 53.9 Å². The molecular formula is C14H26O3. The summed E-state index contributed by atoms with van der Waals surface area (Å²) in [5.74, 6) is -0.171. The third-order valence-corrected chi connectivity index (χ3v) is 2.99. The zero-order chi connectivity index (χ0) is 13.6. The maximum absolute atomic E-state index is 11.6. The quantitative estimate of drug-likeness (QED) is 0.710. The van der Waals surface area contributed by atoms with Crippen LogP contribution in [0.2, 0.25) is 0 Å². The Balaban J connectivity index is 4.19. The van der Waals surface area contributed by atoms with E-state index in [1.54, 1.807) is 0 Å². The van der Waals surface area contributed by atoms with Gasteiger partial charge in [-0.05, 0) is 24.2 Å². The largest absolute Gasteiger partial charge is 0.481 e. The van der Waals surface area contributed by atoms with Gasteiger partial charge < -0.3 is 5.11 Å². The lowest BCUT2D eigenvalue weighted by atomic mass is 9.84. The van der Waals surface area contributed by atoms with Crippen LogP contribution >= 0.6 is 0 Å². The standard InChI is InChI=1S/C14H26O3/c1-9(2)6-12(15)7-11(5)8-13(10(3)4)14(16)17/h9-11,13H,6-8H2,1-5H3,(H,16,17). The van der Waals surface area contributed by atoms with Crippen LogP contribution in [-0.4, -0.2) is 16.9 Å². The summed E-state index contributed by atoms with van der Waals surface area (Å²) < 4.78 is 0. The number of rotatable bonds is 8. The monoisotopic (exact) mass is 242 g/mol. The third kappa shape index (κ3) is 7.14. The SMILES string of the molecule is CC(C)CC(=O)CC(C)CC(C(=O)O)C(C)C. The summed E-state index contributed by atoms with van der Waals surface area (Å²) >= 11 is 0. The molecule has 0 aromatic heterocycles. The number of hydrogen-bond donors (Lipinski definition) is 1. The molecule has 3 nitrogen and oxygen atoms in total. The third-order valence-electron chi connectivity index (χ3n) is 2.99. The number of hydrogen-bond acceptors (Lipinski definition) is 2. The van der Waals surface area contributed by atoms with Crippen molar-refractivity contribution >= 4 is 11.8 Å². The van der Waals surface area contributed by atoms with Crippen molar-refractivity contribution in [2.75, 3.05) is 0 Å². The zero-order valence-electron chi connectivity index (χ0n) is 11.7. The van der Waals surface area contributed by atoms with Crippen molar-refractivity contribution in [3.8, 4) is 0 Å². The minimum absolute atomic E-state index is 0.121. The molecule has 17 heavy (non-hydrogen) atoms. The van der Waals surface area contributed by atoms with Crippen LogP contribution in [0.5, 0.6) is 0 Å². The van der Waals surface area contributed by atoms with E-state index in [-0.39, 0.29) is 23.5 Å². The first-order valence-electron chi connectivity index (χ1n) is 6.48. The van der Waals surface area contributed by atoms with Crippen molar-refractivity contribution in [1.29, 1.82) is 0 Å². The molecule has 2 atom stereocenters. The minimum atomic E-state index is -0.747. The molecule has 0 saturated heterocycles. The van der Waals surface area contributed by atoms with Crippen LogP contribution < -0.4 is 0 Å². The zero-order valence-corrected chi connectivity index (χ0v) is 11.7. The number of carbonyl (C=O) groups excluding carboxylic acids is 1. The molecule has 0 aromatic carbocycles. The van der Waals surface area contributed by atoms with Gasteiger partial charge in [-0.1, -0.05) is 34.6 Å². The van der Waals surface area contributed by atoms with Gasteiger partial charge in [0.25, 0.3) is 0 Å². The second-order valence-corrected chi connectivity index (χ2v) is 5.87. The summed E-state index contributed by atoms with van der Waals surface area (Å²) in [5, 5.41) is 9.09. The van der Waals surface area contributed by atoms with Crippen molar-refractivity contribution in [3.63, 3.8) is 0 Å². The van der Waals surface area contributed by atoms with Crippen molar-refractivity contribution < 1.29 is 14.7 Å². The Kier molecular flexibility index (Phi) is 7.09. The van der Waals surface area contributed by atoms with Gasteiger partial charge in [-0.15, -0.1) is 0 Å². The van der Waals surface area contributed by atoms with E-state index in [2.05, 4.69) is 0 Å². The Morgan fingerprint density at radius 2 is 1.53 bits per heavy atom. The molecule has 0 rings (SSSR count). The topological polar surface area (TPSA) is 54.4 Å². The van der Waals surface area contributed by atoms with Crippen LogP contribution in [0, 0.1) is 23.7 Å². The summed E-state index contributed by atoms with van der Waals surface area (Å²) in [6.07, 6.45) is 1.70. The molecule has 0 heterocycles. The maximum Gasteiger partial charge on any atom is 0.306 e. The van der Waals surface area contributed by atoms with E-state index < -0.39 is 5.97 Å². The average molecular weight is 242 g/mol. The van der Waals surface area contributed by atoms with E-state index in [0.29, 0.717) is 25.2 Å². The van der Waals surface area contributed by atoms with Gasteiger partial charge in [-0.2, -0.15) is 0 Å². The Bertz CT molecular complexity index is 256. The summed E-state index contributed by atoms with van der Waals surface area (Å²) in [6.45, 7) is 9.85. The van der Waals surface area contributed by atoms with E-state index in [1.165, 1.54) is 0 Å². The van der Waals surface area contributed by atoms with Crippen LogP contribution in [-0.2, 0) is 9.59 Å². The molecule has 0 aliphatic rings. The highest BCUT2D eigenvalue weighted by atomic mass is 16.4. The lowest BCUT2D eigenvalue weighted by Gasteiger charge is -2.20. The summed E-state index contributed by atoms with van der Waals surface area (Å²) in [4.78, 5) is 22.7. The Labute approximate surface area is 105 Å². The highest BCUT2D eigenvalue weighted by Crippen LogP contribution is 2.23. The number of aliphatic carboxylic acids is 1. The molecule has 100 valence electrons. The van der Waals surface area contributed by atoms with Gasteiger partial charge in [0.05, 0.1) is 5.92 Å². The van der Waals surface area contributed by atoms with E-state index in [4.69, 9.17) is 5.11 Å². The number of carboxylic acid groups (broad SMARTS) is 1. The molecule has 0 aromatic rings. The Morgan fingerprint density at radius 1 is 1.00 bits per heavy atom. The van der Waals surface area contributed by atoms with Gasteiger partial charge >= 0.3 is 5.97 Å². The smallest absolute Gasteiger partial charge is 0.306 e. The first kappa shape index (κ1) is 16.1. The molecule has 0 radical (unpaired) electrons. The predicted octanol–water partition coefficient (Wildman–Crippen LogP) is 3.37. The lowest BCUT2D eigenvalue weighted by molar-refractivity contribution is -0.144. The number of Topliss-reactive ketones (excluding diaryl/α,β-unsaturated/α-hetero) is 1. The molecule has 0 amide bonds. The first-order valence-corrected chi connectivity index (χ1v) is 6.48. The molecule has 0 aliphatic heterocycles. The van der Waals surface area contributed by atoms with Gasteiger partial charge in [0, 0.05) is 12.8 Å². The Morgan fingerprint density at radius 3 is 1.88 bits per heavy atom. The molecular weight excluding hydrogens is 216 g/mol. The van der Waals surface area contributed by atoms with Crippen molar-refractivity contribution in [3.05, 3.63) is 0 Å². The van der Waals surface area contributed by atoms with Crippen LogP contribution in [0.15, 0.2) is 0 Å². The first-order chi connectivity index (χ1) is 7.73. The van der Waals surface area contributed by atoms with Gasteiger partial charge in [0.2, 0.25) is 0 Å². The molecule has 3 heteroatoms. The van der Waals surface area contributed by atoms with Crippen molar-refractivity contribution in [1.82, 2.24) is 0 Å². The van der Waals surface area contributed by atoms with Crippen LogP contribution in [0.1, 0.15) is 53.9 Å². The van der Waals surface area contributed by atoms with Gasteiger partial charge in [0.1, 0.15) is 5.78 Å². The van der Waals surface area contributed by atoms with E-state index in [9.17, 15) is 9.59 Å². The minimum Gasteiger partial charge on any atom is -0.481 e. The number of carboxylic acids is 1. The molecule has 1 N–H and O–H groups in total. The van der Waals surface area contributed by atoms with Crippen molar-refractivity contribution in [2.24, 2.45) is 23.7 Å². The second-order valence-electron chi connectivity index (χ2n) is 5.87. The van der Waals surface area contributed by atoms with Gasteiger partial charge in [-0.25, -0.2) is 0 Å². The molecule has 0 spiro atoms. The normalized spacial score (nSPS) is 15.0. The molecule has 0 fully saturated rings. The fraction of sp³-hybridized carbons (Fsp3) is 0.857. The molecule has 0 bridgehead atoms. The maximum atomic E-state index is 11.6. The second kappa shape index (κ2) is 7.46. The lowest BCUT2D eigenvalue weighted by Crippen LogP contribution is -2.23. The Hall–Kier alpha value is -0.860. The van der Waals surface area contributed by atoms with E-state index >= 15 is 0 Å². The molecule has 0 aliphatic carbocycles. The van der Waals surface area contributed by atoms with Gasteiger partial charge in [-0.3, -0.25) is 9.59 Å². The molecule has 0 saturated carbocycles. The summed E-state index contributed by atoms with van der Waals surface area (Å²) in [6, 6.07) is 0. The summed E-state index contributed by atoms with van der Waals surface area (Å²) in [7, 11) is 0. The highest BCUT2D eigenvalue weighted by Gasteiger charge is 2.24. The summed E-state index contributed by atoms with van der Waals surface area (Å²) in [5.41, 5.74) is 0. The fourth-order valence-electron chi connectivity index (χ4n) is 2.10. The average Bonchev–Trinajstić information content (AvgIpc) is 2.11. The predicted molar refractivity (Wildman–Crippen MR) is 68.8 cm³/mol. The number of carbonyl (C=O) groups is 2. The molecule has 2 unspecified atom stereocenters. The van der Waals surface area contributed by atoms with Crippen LogP contribution in [0.25, 0.3) is 0 Å².